The Hall–Kier alpha value is -1.39. The summed E-state index contributed by atoms with van der Waals surface area (Å²) in [6, 6.07) is 10.8. The van der Waals surface area contributed by atoms with Gasteiger partial charge in [-0.05, 0) is 32.3 Å². The molecule has 1 aromatic carbocycles. The van der Waals surface area contributed by atoms with Crippen LogP contribution in [0.4, 0.5) is 0 Å². The smallest absolute Gasteiger partial charge is 0.231 e. The largest absolute Gasteiger partial charge is 0.342 e. The van der Waals surface area contributed by atoms with Gasteiger partial charge in [-0.3, -0.25) is 4.79 Å². The number of piperidine rings is 1. The van der Waals surface area contributed by atoms with Gasteiger partial charge in [-0.1, -0.05) is 30.3 Å². The van der Waals surface area contributed by atoms with E-state index in [4.69, 9.17) is 5.73 Å². The van der Waals surface area contributed by atoms with Crippen LogP contribution in [0.25, 0.3) is 0 Å². The highest BCUT2D eigenvalue weighted by atomic mass is 16.2. The maximum absolute atomic E-state index is 12.8. The molecule has 1 heterocycles. The van der Waals surface area contributed by atoms with Crippen LogP contribution in [0.1, 0.15) is 38.2 Å². The van der Waals surface area contributed by atoms with Crippen molar-refractivity contribution in [2.45, 2.75) is 44.7 Å². The van der Waals surface area contributed by atoms with Gasteiger partial charge < -0.3 is 15.5 Å². The summed E-state index contributed by atoms with van der Waals surface area (Å²) < 4.78 is 0. The second-order valence-electron chi connectivity index (χ2n) is 6.51. The number of carbonyl (C=O) groups is 1. The van der Waals surface area contributed by atoms with Gasteiger partial charge in [0, 0.05) is 38.8 Å². The summed E-state index contributed by atoms with van der Waals surface area (Å²) in [6.45, 7) is 6.96. The summed E-state index contributed by atoms with van der Waals surface area (Å²) in [5.41, 5.74) is 6.89. The molecule has 0 aromatic heterocycles. The summed E-state index contributed by atoms with van der Waals surface area (Å²) in [5, 5.41) is 0. The number of likely N-dealkylation sites (N-methyl/N-ethyl adjacent to an activating group) is 1. The number of hydrogen-bond acceptors (Lipinski definition) is 3. The Labute approximate surface area is 134 Å². The molecule has 1 aliphatic rings. The fourth-order valence-corrected chi connectivity index (χ4v) is 3.28. The molecule has 122 valence electrons. The third kappa shape index (κ3) is 3.87. The maximum Gasteiger partial charge on any atom is 0.231 e. The van der Waals surface area contributed by atoms with E-state index in [-0.39, 0.29) is 11.8 Å². The number of likely N-dealkylation sites (tertiary alicyclic amines) is 1. The Morgan fingerprint density at radius 1 is 1.27 bits per heavy atom. The number of amides is 1. The zero-order valence-corrected chi connectivity index (χ0v) is 14.0. The highest BCUT2D eigenvalue weighted by Gasteiger charge is 2.30. The minimum atomic E-state index is -0.227. The molecule has 1 amide bonds. The molecule has 4 nitrogen and oxygen atoms in total. The Bertz CT molecular complexity index is 466. The van der Waals surface area contributed by atoms with Crippen molar-refractivity contribution in [1.29, 1.82) is 0 Å². The molecular formula is C18H29N3O. The molecule has 2 rings (SSSR count). The third-order valence-electron chi connectivity index (χ3n) is 4.86. The van der Waals surface area contributed by atoms with Crippen molar-refractivity contribution in [3.63, 3.8) is 0 Å². The fourth-order valence-electron chi connectivity index (χ4n) is 3.28. The van der Waals surface area contributed by atoms with E-state index >= 15 is 0 Å². The van der Waals surface area contributed by atoms with Crippen LogP contribution in [0, 0.1) is 0 Å². The molecule has 0 saturated carbocycles. The molecular weight excluding hydrogens is 274 g/mol. The van der Waals surface area contributed by atoms with Crippen molar-refractivity contribution < 1.29 is 4.79 Å². The molecule has 0 bridgehead atoms. The van der Waals surface area contributed by atoms with Crippen LogP contribution in [0.5, 0.6) is 0 Å². The van der Waals surface area contributed by atoms with Crippen molar-refractivity contribution >= 4 is 5.91 Å². The third-order valence-corrected chi connectivity index (χ3v) is 4.86. The van der Waals surface area contributed by atoms with Crippen molar-refractivity contribution in [1.82, 2.24) is 9.80 Å². The first-order valence-electron chi connectivity index (χ1n) is 8.30. The highest BCUT2D eigenvalue weighted by molar-refractivity contribution is 5.84. The number of nitrogens with zero attached hydrogens (tertiary/aromatic N) is 2. The van der Waals surface area contributed by atoms with E-state index in [9.17, 15) is 4.79 Å². The van der Waals surface area contributed by atoms with Crippen LogP contribution >= 0.6 is 0 Å². The van der Waals surface area contributed by atoms with E-state index in [1.54, 1.807) is 0 Å². The monoisotopic (exact) mass is 303 g/mol. The average Bonchev–Trinajstić information content (AvgIpc) is 2.56. The number of benzene rings is 1. The van der Waals surface area contributed by atoms with Crippen molar-refractivity contribution in [2.75, 3.05) is 26.7 Å². The maximum atomic E-state index is 12.8. The van der Waals surface area contributed by atoms with E-state index < -0.39 is 0 Å². The van der Waals surface area contributed by atoms with Crippen LogP contribution in [-0.4, -0.2) is 54.5 Å². The van der Waals surface area contributed by atoms with Gasteiger partial charge in [0.1, 0.15) is 0 Å². The van der Waals surface area contributed by atoms with Crippen molar-refractivity contribution in [3.05, 3.63) is 35.9 Å². The molecule has 1 saturated heterocycles. The summed E-state index contributed by atoms with van der Waals surface area (Å²) in [7, 11) is 1.93. The van der Waals surface area contributed by atoms with Gasteiger partial charge in [0.2, 0.25) is 5.91 Å². The zero-order chi connectivity index (χ0) is 16.1. The van der Waals surface area contributed by atoms with Gasteiger partial charge in [0.05, 0.1) is 5.92 Å². The summed E-state index contributed by atoms with van der Waals surface area (Å²) in [4.78, 5) is 17.2. The van der Waals surface area contributed by atoms with E-state index in [1.807, 2.05) is 42.3 Å². The molecule has 2 N–H and O–H groups in total. The van der Waals surface area contributed by atoms with Crippen LogP contribution < -0.4 is 5.73 Å². The number of nitrogens with two attached hydrogens (primary N) is 1. The van der Waals surface area contributed by atoms with Gasteiger partial charge in [0.25, 0.3) is 0 Å². The zero-order valence-electron chi connectivity index (χ0n) is 14.0. The predicted molar refractivity (Wildman–Crippen MR) is 90.7 cm³/mol. The highest BCUT2D eigenvalue weighted by Crippen LogP contribution is 2.22. The van der Waals surface area contributed by atoms with Gasteiger partial charge in [-0.15, -0.1) is 0 Å². The van der Waals surface area contributed by atoms with Gasteiger partial charge in [-0.2, -0.15) is 0 Å². The van der Waals surface area contributed by atoms with Gasteiger partial charge in [0.15, 0.2) is 0 Å². The molecule has 1 aromatic rings. The van der Waals surface area contributed by atoms with Gasteiger partial charge in [-0.25, -0.2) is 0 Å². The molecule has 1 unspecified atom stereocenters. The molecule has 1 atom stereocenters. The molecule has 0 spiro atoms. The molecule has 4 heteroatoms. The number of carbonyl (C=O) groups excluding carboxylic acids is 1. The first-order chi connectivity index (χ1) is 10.5. The van der Waals surface area contributed by atoms with E-state index in [0.717, 1.165) is 31.5 Å². The summed E-state index contributed by atoms with van der Waals surface area (Å²) in [5.74, 6) is -0.0778. The second-order valence-corrected chi connectivity index (χ2v) is 6.51. The predicted octanol–water partition coefficient (Wildman–Crippen LogP) is 2.06. The van der Waals surface area contributed by atoms with Crippen molar-refractivity contribution in [2.24, 2.45) is 5.73 Å². The van der Waals surface area contributed by atoms with Crippen molar-refractivity contribution in [3.8, 4) is 0 Å². The Morgan fingerprint density at radius 2 is 1.86 bits per heavy atom. The minimum absolute atomic E-state index is 0.150. The lowest BCUT2D eigenvalue weighted by Crippen LogP contribution is -2.49. The Balaban J connectivity index is 1.99. The Morgan fingerprint density at radius 3 is 2.36 bits per heavy atom. The van der Waals surface area contributed by atoms with Crippen LogP contribution in [-0.2, 0) is 4.79 Å². The molecule has 0 radical (unpaired) electrons. The quantitative estimate of drug-likeness (QED) is 0.906. The van der Waals surface area contributed by atoms with Gasteiger partial charge >= 0.3 is 0 Å². The standard InChI is InChI=1S/C18H29N3O/c1-14(2)21-11-9-16(10-12-21)20(3)18(22)17(13-19)15-7-5-4-6-8-15/h4-8,14,16-17H,9-13,19H2,1-3H3. The fraction of sp³-hybridized carbons (Fsp3) is 0.611. The molecule has 1 fully saturated rings. The normalized spacial score (nSPS) is 18.4. The lowest BCUT2D eigenvalue weighted by atomic mass is 9.95. The SMILES string of the molecule is CC(C)N1CCC(N(C)C(=O)C(CN)c2ccccc2)CC1. The lowest BCUT2D eigenvalue weighted by molar-refractivity contribution is -0.134. The second kappa shape index (κ2) is 7.75. The summed E-state index contributed by atoms with van der Waals surface area (Å²) >= 11 is 0. The van der Waals surface area contributed by atoms with Crippen LogP contribution in [0.15, 0.2) is 30.3 Å². The topological polar surface area (TPSA) is 49.6 Å². The van der Waals surface area contributed by atoms with Crippen LogP contribution in [0.2, 0.25) is 0 Å². The lowest BCUT2D eigenvalue weighted by Gasteiger charge is -2.39. The number of rotatable bonds is 5. The van der Waals surface area contributed by atoms with E-state index in [2.05, 4.69) is 18.7 Å². The first kappa shape index (κ1) is 17.0. The molecule has 22 heavy (non-hydrogen) atoms. The minimum Gasteiger partial charge on any atom is -0.342 e. The average molecular weight is 303 g/mol. The number of hydrogen-bond donors (Lipinski definition) is 1. The summed E-state index contributed by atoms with van der Waals surface area (Å²) in [6.07, 6.45) is 2.10. The first-order valence-corrected chi connectivity index (χ1v) is 8.30. The molecule has 0 aliphatic carbocycles. The molecule has 1 aliphatic heterocycles. The van der Waals surface area contributed by atoms with E-state index in [0.29, 0.717) is 18.6 Å². The van der Waals surface area contributed by atoms with Crippen LogP contribution in [0.3, 0.4) is 0 Å². The Kier molecular flexibility index (Phi) is 5.98. The van der Waals surface area contributed by atoms with E-state index in [1.165, 1.54) is 0 Å².